The van der Waals surface area contributed by atoms with Crippen LogP contribution in [0.15, 0.2) is 24.3 Å². The number of nitrogens with zero attached hydrogens (tertiary/aromatic N) is 1. The summed E-state index contributed by atoms with van der Waals surface area (Å²) in [7, 11) is 4.27. The molecule has 1 N–H and O–H groups in total. The highest BCUT2D eigenvalue weighted by Gasteiger charge is 2.23. The van der Waals surface area contributed by atoms with E-state index in [1.165, 1.54) is 36.8 Å². The van der Waals surface area contributed by atoms with Crippen molar-refractivity contribution in [1.29, 1.82) is 0 Å². The Balaban J connectivity index is 1.90. The van der Waals surface area contributed by atoms with E-state index < -0.39 is 0 Å². The Morgan fingerprint density at radius 1 is 1.14 bits per heavy atom. The van der Waals surface area contributed by atoms with E-state index in [0.717, 1.165) is 24.9 Å². The highest BCUT2D eigenvalue weighted by Crippen LogP contribution is 2.30. The third-order valence-corrected chi connectivity index (χ3v) is 4.84. The van der Waals surface area contributed by atoms with E-state index in [4.69, 9.17) is 0 Å². The first-order chi connectivity index (χ1) is 10.1. The summed E-state index contributed by atoms with van der Waals surface area (Å²) in [6.45, 7) is 6.79. The van der Waals surface area contributed by atoms with E-state index >= 15 is 0 Å². The maximum absolute atomic E-state index is 3.82. The third kappa shape index (κ3) is 5.12. The molecule has 21 heavy (non-hydrogen) atoms. The summed E-state index contributed by atoms with van der Waals surface area (Å²) in [4.78, 5) is 2.24. The highest BCUT2D eigenvalue weighted by molar-refractivity contribution is 5.27. The minimum Gasteiger partial charge on any atom is -0.310 e. The molecule has 1 aromatic carbocycles. The van der Waals surface area contributed by atoms with Crippen molar-refractivity contribution in [3.05, 3.63) is 35.4 Å². The lowest BCUT2D eigenvalue weighted by molar-refractivity contribution is 0.230. The van der Waals surface area contributed by atoms with E-state index in [2.05, 4.69) is 62.4 Å². The molecule has 2 heteroatoms. The van der Waals surface area contributed by atoms with Crippen LogP contribution in [0.4, 0.5) is 0 Å². The van der Waals surface area contributed by atoms with Crippen molar-refractivity contribution >= 4 is 0 Å². The Bertz CT molecular complexity index is 425. The van der Waals surface area contributed by atoms with Gasteiger partial charge in [-0.1, -0.05) is 51.0 Å². The Hall–Kier alpha value is -0.860. The standard InChI is InChI=1S/C19H32N2/c1-15(2)16-10-7-11-19(12-16)20-13-17-8-5-6-9-18(17)14-21(3)4/h5-6,8-9,15-16,19-20H,7,10-14H2,1-4H3. The van der Waals surface area contributed by atoms with Crippen LogP contribution in [0.1, 0.15) is 50.7 Å². The van der Waals surface area contributed by atoms with Gasteiger partial charge in [0.25, 0.3) is 0 Å². The van der Waals surface area contributed by atoms with Crippen LogP contribution in [0.5, 0.6) is 0 Å². The van der Waals surface area contributed by atoms with Gasteiger partial charge in [-0.2, -0.15) is 0 Å². The summed E-state index contributed by atoms with van der Waals surface area (Å²) < 4.78 is 0. The molecule has 0 saturated heterocycles. The smallest absolute Gasteiger partial charge is 0.0230 e. The zero-order valence-corrected chi connectivity index (χ0v) is 14.2. The van der Waals surface area contributed by atoms with Gasteiger partial charge in [-0.15, -0.1) is 0 Å². The van der Waals surface area contributed by atoms with Crippen molar-refractivity contribution in [2.24, 2.45) is 11.8 Å². The number of benzene rings is 1. The van der Waals surface area contributed by atoms with Crippen LogP contribution in [0.25, 0.3) is 0 Å². The van der Waals surface area contributed by atoms with E-state index in [1.54, 1.807) is 0 Å². The van der Waals surface area contributed by atoms with Crippen LogP contribution in [0.2, 0.25) is 0 Å². The molecule has 2 atom stereocenters. The van der Waals surface area contributed by atoms with Crippen LogP contribution in [-0.4, -0.2) is 25.0 Å². The van der Waals surface area contributed by atoms with Crippen molar-refractivity contribution < 1.29 is 0 Å². The largest absolute Gasteiger partial charge is 0.310 e. The number of hydrogen-bond acceptors (Lipinski definition) is 2. The zero-order chi connectivity index (χ0) is 15.2. The summed E-state index contributed by atoms with van der Waals surface area (Å²) in [5.41, 5.74) is 2.91. The minimum atomic E-state index is 0.707. The number of rotatable bonds is 6. The van der Waals surface area contributed by atoms with Crippen LogP contribution in [0, 0.1) is 11.8 Å². The van der Waals surface area contributed by atoms with Gasteiger partial charge < -0.3 is 10.2 Å². The third-order valence-electron chi connectivity index (χ3n) is 4.84. The second kappa shape index (κ2) is 7.95. The maximum Gasteiger partial charge on any atom is 0.0230 e. The average molecular weight is 288 g/mol. The molecule has 1 saturated carbocycles. The first-order valence-electron chi connectivity index (χ1n) is 8.51. The minimum absolute atomic E-state index is 0.707. The van der Waals surface area contributed by atoms with Gasteiger partial charge in [-0.05, 0) is 49.9 Å². The van der Waals surface area contributed by atoms with Gasteiger partial charge >= 0.3 is 0 Å². The summed E-state index contributed by atoms with van der Waals surface area (Å²) >= 11 is 0. The lowest BCUT2D eigenvalue weighted by atomic mass is 9.79. The van der Waals surface area contributed by atoms with Crippen LogP contribution >= 0.6 is 0 Å². The van der Waals surface area contributed by atoms with Crippen LogP contribution in [-0.2, 0) is 13.1 Å². The lowest BCUT2D eigenvalue weighted by Crippen LogP contribution is -2.35. The van der Waals surface area contributed by atoms with E-state index in [9.17, 15) is 0 Å². The van der Waals surface area contributed by atoms with Crippen LogP contribution < -0.4 is 5.32 Å². The molecule has 118 valence electrons. The van der Waals surface area contributed by atoms with E-state index in [1.807, 2.05) is 0 Å². The summed E-state index contributed by atoms with van der Waals surface area (Å²) in [5, 5.41) is 3.82. The van der Waals surface area contributed by atoms with E-state index in [0.29, 0.717) is 6.04 Å². The molecule has 1 aliphatic carbocycles. The number of nitrogens with one attached hydrogen (secondary N) is 1. The molecule has 0 aromatic heterocycles. The van der Waals surface area contributed by atoms with Gasteiger partial charge in [-0.25, -0.2) is 0 Å². The Kier molecular flexibility index (Phi) is 6.25. The predicted molar refractivity (Wildman–Crippen MR) is 91.3 cm³/mol. The second-order valence-corrected chi connectivity index (χ2v) is 7.26. The maximum atomic E-state index is 3.82. The predicted octanol–water partition coefficient (Wildman–Crippen LogP) is 4.05. The van der Waals surface area contributed by atoms with Gasteiger partial charge in [0.05, 0.1) is 0 Å². The van der Waals surface area contributed by atoms with Gasteiger partial charge in [0.2, 0.25) is 0 Å². The van der Waals surface area contributed by atoms with Gasteiger partial charge in [-0.3, -0.25) is 0 Å². The fourth-order valence-electron chi connectivity index (χ4n) is 3.50. The molecule has 1 aliphatic rings. The molecule has 2 nitrogen and oxygen atoms in total. The monoisotopic (exact) mass is 288 g/mol. The van der Waals surface area contributed by atoms with Crippen molar-refractivity contribution in [2.75, 3.05) is 14.1 Å². The Morgan fingerprint density at radius 2 is 1.86 bits per heavy atom. The summed E-state index contributed by atoms with van der Waals surface area (Å²) in [6.07, 6.45) is 5.51. The Labute approximate surface area is 130 Å². The SMILES string of the molecule is CC(C)C1CCCC(NCc2ccccc2CN(C)C)C1. The molecule has 0 amide bonds. The molecule has 0 aliphatic heterocycles. The molecular weight excluding hydrogens is 256 g/mol. The van der Waals surface area contributed by atoms with Gasteiger partial charge in [0.1, 0.15) is 0 Å². The van der Waals surface area contributed by atoms with E-state index in [-0.39, 0.29) is 0 Å². The van der Waals surface area contributed by atoms with Crippen molar-refractivity contribution in [3.63, 3.8) is 0 Å². The van der Waals surface area contributed by atoms with Crippen molar-refractivity contribution in [2.45, 2.75) is 58.7 Å². The highest BCUT2D eigenvalue weighted by atomic mass is 15.0. The molecule has 0 radical (unpaired) electrons. The molecular formula is C19H32N2. The summed E-state index contributed by atoms with van der Waals surface area (Å²) in [5.74, 6) is 1.74. The van der Waals surface area contributed by atoms with Crippen molar-refractivity contribution in [1.82, 2.24) is 10.2 Å². The molecule has 1 aromatic rings. The van der Waals surface area contributed by atoms with Gasteiger partial charge in [0, 0.05) is 19.1 Å². The molecule has 1 fully saturated rings. The summed E-state index contributed by atoms with van der Waals surface area (Å²) in [6, 6.07) is 9.55. The normalized spacial score (nSPS) is 23.0. The Morgan fingerprint density at radius 3 is 2.52 bits per heavy atom. The van der Waals surface area contributed by atoms with Crippen LogP contribution in [0.3, 0.4) is 0 Å². The first-order valence-corrected chi connectivity index (χ1v) is 8.51. The van der Waals surface area contributed by atoms with Gasteiger partial charge in [0.15, 0.2) is 0 Å². The average Bonchev–Trinajstić information content (AvgIpc) is 2.46. The fraction of sp³-hybridized carbons (Fsp3) is 0.684. The fourth-order valence-corrected chi connectivity index (χ4v) is 3.50. The number of hydrogen-bond donors (Lipinski definition) is 1. The second-order valence-electron chi connectivity index (χ2n) is 7.26. The first kappa shape index (κ1) is 16.5. The molecule has 0 bridgehead atoms. The topological polar surface area (TPSA) is 15.3 Å². The molecule has 2 rings (SSSR count). The molecule has 0 heterocycles. The van der Waals surface area contributed by atoms with Crippen molar-refractivity contribution in [3.8, 4) is 0 Å². The molecule has 2 unspecified atom stereocenters. The zero-order valence-electron chi connectivity index (χ0n) is 14.2. The lowest BCUT2D eigenvalue weighted by Gasteiger charge is -2.32. The quantitative estimate of drug-likeness (QED) is 0.849. The molecule has 0 spiro atoms.